The molecule has 0 aliphatic carbocycles. The van der Waals surface area contributed by atoms with Gasteiger partial charge in [-0.25, -0.2) is 0 Å². The molecule has 0 heterocycles. The summed E-state index contributed by atoms with van der Waals surface area (Å²) in [5.74, 6) is 2.78. The molecule has 0 aromatic heterocycles. The first-order valence-corrected chi connectivity index (χ1v) is 9.87. The van der Waals surface area contributed by atoms with Crippen molar-refractivity contribution in [3.05, 3.63) is 17.7 Å². The van der Waals surface area contributed by atoms with E-state index in [1.807, 2.05) is 12.1 Å². The predicted octanol–water partition coefficient (Wildman–Crippen LogP) is 3.16. The van der Waals surface area contributed by atoms with Crippen molar-refractivity contribution in [2.75, 3.05) is 48.0 Å². The van der Waals surface area contributed by atoms with Gasteiger partial charge in [-0.3, -0.25) is 9.89 Å². The molecule has 1 aromatic carbocycles. The number of methoxy groups -OCH3 is 3. The zero-order valence-electron chi connectivity index (χ0n) is 19.2. The topological polar surface area (TPSA) is 67.4 Å². The predicted molar refractivity (Wildman–Crippen MR) is 132 cm³/mol. The molecule has 0 unspecified atom stereocenters. The summed E-state index contributed by atoms with van der Waals surface area (Å²) in [6.07, 6.45) is 0.772. The van der Waals surface area contributed by atoms with Gasteiger partial charge in [0.2, 0.25) is 5.75 Å². The summed E-state index contributed by atoms with van der Waals surface area (Å²) in [6.45, 7) is 11.4. The maximum Gasteiger partial charge on any atom is 0.203 e. The van der Waals surface area contributed by atoms with Gasteiger partial charge in [0.25, 0.3) is 0 Å². The van der Waals surface area contributed by atoms with Gasteiger partial charge in [0.1, 0.15) is 0 Å². The van der Waals surface area contributed by atoms with E-state index in [-0.39, 0.29) is 24.0 Å². The number of benzene rings is 1. The molecule has 168 valence electrons. The molecule has 8 heteroatoms. The van der Waals surface area contributed by atoms with E-state index in [4.69, 9.17) is 14.2 Å². The first-order valence-electron chi connectivity index (χ1n) is 9.87. The lowest BCUT2D eigenvalue weighted by Gasteiger charge is -2.30. The highest BCUT2D eigenvalue weighted by molar-refractivity contribution is 14.0. The second-order valence-corrected chi connectivity index (χ2v) is 7.09. The van der Waals surface area contributed by atoms with E-state index in [0.717, 1.165) is 37.6 Å². The van der Waals surface area contributed by atoms with Crippen LogP contribution in [-0.4, -0.2) is 71.0 Å². The number of hydrogen-bond donors (Lipinski definition) is 2. The molecule has 0 spiro atoms. The fourth-order valence-corrected chi connectivity index (χ4v) is 3.31. The molecule has 0 saturated heterocycles. The number of nitrogens with one attached hydrogen (secondary N) is 2. The molecular formula is C21H39IN4O3. The third-order valence-corrected chi connectivity index (χ3v) is 4.69. The normalized spacial score (nSPS) is 11.5. The summed E-state index contributed by atoms with van der Waals surface area (Å²) < 4.78 is 16.3. The van der Waals surface area contributed by atoms with Crippen LogP contribution < -0.4 is 24.8 Å². The molecule has 29 heavy (non-hydrogen) atoms. The summed E-state index contributed by atoms with van der Waals surface area (Å²) in [5, 5.41) is 6.75. The molecule has 0 fully saturated rings. The van der Waals surface area contributed by atoms with E-state index in [1.165, 1.54) is 0 Å². The Labute approximate surface area is 193 Å². The summed E-state index contributed by atoms with van der Waals surface area (Å²) in [6, 6.07) is 4.95. The van der Waals surface area contributed by atoms with Gasteiger partial charge in [-0.05, 0) is 40.2 Å². The Morgan fingerprint density at radius 3 is 2.00 bits per heavy atom. The highest BCUT2D eigenvalue weighted by atomic mass is 127. The largest absolute Gasteiger partial charge is 0.493 e. The van der Waals surface area contributed by atoms with Crippen LogP contribution >= 0.6 is 24.0 Å². The summed E-state index contributed by atoms with van der Waals surface area (Å²) >= 11 is 0. The van der Waals surface area contributed by atoms with Gasteiger partial charge in [0.05, 0.1) is 21.3 Å². The minimum Gasteiger partial charge on any atom is -0.493 e. The molecule has 2 N–H and O–H groups in total. The van der Waals surface area contributed by atoms with Crippen molar-refractivity contribution in [2.24, 2.45) is 4.99 Å². The monoisotopic (exact) mass is 522 g/mol. The molecule has 0 saturated carbocycles. The van der Waals surface area contributed by atoms with Crippen molar-refractivity contribution in [3.8, 4) is 17.2 Å². The van der Waals surface area contributed by atoms with Crippen molar-refractivity contribution in [3.63, 3.8) is 0 Å². The van der Waals surface area contributed by atoms with Crippen LogP contribution in [0.3, 0.4) is 0 Å². The lowest BCUT2D eigenvalue weighted by atomic mass is 10.1. The Hall–Kier alpha value is -1.42. The standard InChI is InChI=1S/C21H38N4O3.HI/c1-15(2)25(16(3)4)14-13-24-21(22-5)23-12-11-17-9-10-18(26-6)20(28-8)19(17)27-7;/h9-10,15-16H,11-14H2,1-8H3,(H2,22,23,24);1H. The van der Waals surface area contributed by atoms with Crippen LogP contribution in [0.25, 0.3) is 0 Å². The van der Waals surface area contributed by atoms with E-state index >= 15 is 0 Å². The molecular weight excluding hydrogens is 483 g/mol. The van der Waals surface area contributed by atoms with Crippen LogP contribution in [-0.2, 0) is 6.42 Å². The Morgan fingerprint density at radius 2 is 1.52 bits per heavy atom. The number of guanidine groups is 1. The fourth-order valence-electron chi connectivity index (χ4n) is 3.31. The molecule has 0 aliphatic rings. The van der Waals surface area contributed by atoms with Crippen molar-refractivity contribution in [2.45, 2.75) is 46.2 Å². The molecule has 0 bridgehead atoms. The smallest absolute Gasteiger partial charge is 0.203 e. The van der Waals surface area contributed by atoms with Gasteiger partial charge in [-0.2, -0.15) is 0 Å². The summed E-state index contributed by atoms with van der Waals surface area (Å²) in [7, 11) is 6.67. The molecule has 1 rings (SSSR count). The molecule has 0 atom stereocenters. The number of rotatable bonds is 11. The highest BCUT2D eigenvalue weighted by Crippen LogP contribution is 2.39. The van der Waals surface area contributed by atoms with Crippen molar-refractivity contribution in [1.82, 2.24) is 15.5 Å². The van der Waals surface area contributed by atoms with Crippen LogP contribution in [0.1, 0.15) is 33.3 Å². The van der Waals surface area contributed by atoms with E-state index in [2.05, 4.69) is 48.2 Å². The van der Waals surface area contributed by atoms with E-state index in [1.54, 1.807) is 28.4 Å². The maximum absolute atomic E-state index is 5.55. The van der Waals surface area contributed by atoms with Crippen molar-refractivity contribution >= 4 is 29.9 Å². The minimum absolute atomic E-state index is 0. The van der Waals surface area contributed by atoms with Gasteiger partial charge in [-0.1, -0.05) is 6.07 Å². The first-order chi connectivity index (χ1) is 13.4. The number of ether oxygens (including phenoxy) is 3. The quantitative estimate of drug-likeness (QED) is 0.265. The van der Waals surface area contributed by atoms with Gasteiger partial charge >= 0.3 is 0 Å². The Kier molecular flexibility index (Phi) is 13.8. The SMILES string of the molecule is CN=C(NCCc1ccc(OC)c(OC)c1OC)NCCN(C(C)C)C(C)C.I. The molecule has 0 amide bonds. The number of halogens is 1. The van der Waals surface area contributed by atoms with Crippen LogP contribution in [0, 0.1) is 0 Å². The third kappa shape index (κ3) is 8.46. The average molecular weight is 522 g/mol. The lowest BCUT2D eigenvalue weighted by molar-refractivity contribution is 0.178. The Bertz CT molecular complexity index is 616. The number of aliphatic imine (C=N–C) groups is 1. The van der Waals surface area contributed by atoms with Crippen LogP contribution in [0.4, 0.5) is 0 Å². The van der Waals surface area contributed by atoms with E-state index < -0.39 is 0 Å². The maximum atomic E-state index is 5.55. The molecule has 1 aromatic rings. The highest BCUT2D eigenvalue weighted by Gasteiger charge is 2.16. The minimum atomic E-state index is 0. The summed E-state index contributed by atoms with van der Waals surface area (Å²) in [5.41, 5.74) is 1.05. The van der Waals surface area contributed by atoms with Crippen molar-refractivity contribution in [1.29, 1.82) is 0 Å². The zero-order valence-corrected chi connectivity index (χ0v) is 21.5. The van der Waals surface area contributed by atoms with Gasteiger partial charge in [-0.15, -0.1) is 24.0 Å². The van der Waals surface area contributed by atoms with Gasteiger partial charge in [0, 0.05) is 44.3 Å². The second kappa shape index (κ2) is 14.5. The van der Waals surface area contributed by atoms with Crippen molar-refractivity contribution < 1.29 is 14.2 Å². The number of nitrogens with zero attached hydrogens (tertiary/aromatic N) is 2. The molecule has 0 aliphatic heterocycles. The molecule has 0 radical (unpaired) electrons. The molecule has 7 nitrogen and oxygen atoms in total. The van der Waals surface area contributed by atoms with E-state index in [0.29, 0.717) is 29.3 Å². The number of hydrogen-bond acceptors (Lipinski definition) is 5. The van der Waals surface area contributed by atoms with Gasteiger partial charge < -0.3 is 24.8 Å². The first kappa shape index (κ1) is 27.6. The third-order valence-electron chi connectivity index (χ3n) is 4.69. The fraction of sp³-hybridized carbons (Fsp3) is 0.667. The Balaban J connectivity index is 0.00000784. The summed E-state index contributed by atoms with van der Waals surface area (Å²) in [4.78, 5) is 6.76. The average Bonchev–Trinajstić information content (AvgIpc) is 2.68. The van der Waals surface area contributed by atoms with Gasteiger partial charge in [0.15, 0.2) is 17.5 Å². The lowest BCUT2D eigenvalue weighted by Crippen LogP contribution is -2.45. The van der Waals surface area contributed by atoms with E-state index in [9.17, 15) is 0 Å². The second-order valence-electron chi connectivity index (χ2n) is 7.09. The zero-order chi connectivity index (χ0) is 21.1. The van der Waals surface area contributed by atoms with Crippen LogP contribution in [0.2, 0.25) is 0 Å². The van der Waals surface area contributed by atoms with Crippen LogP contribution in [0.15, 0.2) is 17.1 Å². The Morgan fingerprint density at radius 1 is 0.931 bits per heavy atom. The van der Waals surface area contributed by atoms with Crippen LogP contribution in [0.5, 0.6) is 17.2 Å².